The van der Waals surface area contributed by atoms with Gasteiger partial charge in [-0.25, -0.2) is 4.39 Å². The number of piperazine rings is 1. The fourth-order valence-electron chi connectivity index (χ4n) is 2.68. The second-order valence-electron chi connectivity index (χ2n) is 5.22. The van der Waals surface area contributed by atoms with E-state index in [1.165, 1.54) is 29.2 Å². The van der Waals surface area contributed by atoms with Gasteiger partial charge in [-0.05, 0) is 24.3 Å². The van der Waals surface area contributed by atoms with Crippen molar-refractivity contribution in [1.82, 2.24) is 10.2 Å². The van der Waals surface area contributed by atoms with E-state index in [1.54, 1.807) is 24.3 Å². The van der Waals surface area contributed by atoms with Crippen molar-refractivity contribution in [3.8, 4) is 0 Å². The smallest absolute Gasteiger partial charge is 0.254 e. The third kappa shape index (κ3) is 3.05. The number of hydrogen-bond donors (Lipinski definition) is 1. The summed E-state index contributed by atoms with van der Waals surface area (Å²) in [7, 11) is 0. The monoisotopic (exact) mass is 332 g/mol. The number of nitrogens with zero attached hydrogens (tertiary/aromatic N) is 1. The number of halogens is 2. The third-order valence-electron chi connectivity index (χ3n) is 3.74. The summed E-state index contributed by atoms with van der Waals surface area (Å²) < 4.78 is 13.4. The molecule has 1 heterocycles. The Bertz CT molecular complexity index is 766. The van der Waals surface area contributed by atoms with Crippen molar-refractivity contribution in [3.63, 3.8) is 0 Å². The van der Waals surface area contributed by atoms with Crippen LogP contribution in [-0.2, 0) is 4.79 Å². The second kappa shape index (κ2) is 6.38. The van der Waals surface area contributed by atoms with Crippen LogP contribution in [0.25, 0.3) is 0 Å². The third-order valence-corrected chi connectivity index (χ3v) is 4.09. The van der Waals surface area contributed by atoms with Gasteiger partial charge in [-0.2, -0.15) is 0 Å². The SMILES string of the molecule is O=C1NCCN(C(=O)c2cccc(F)c2)C1c1ccccc1Cl. The standard InChI is InChI=1S/C17H14ClFN2O2/c18-14-7-2-1-6-13(14)15-16(22)20-8-9-21(15)17(23)11-4-3-5-12(19)10-11/h1-7,10,15H,8-9H2,(H,20,22). The predicted molar refractivity (Wildman–Crippen MR) is 84.6 cm³/mol. The van der Waals surface area contributed by atoms with Crippen LogP contribution in [0.4, 0.5) is 4.39 Å². The molecule has 6 heteroatoms. The van der Waals surface area contributed by atoms with Gasteiger partial charge in [0, 0.05) is 29.2 Å². The molecular weight excluding hydrogens is 319 g/mol. The minimum absolute atomic E-state index is 0.205. The minimum atomic E-state index is -0.826. The highest BCUT2D eigenvalue weighted by atomic mass is 35.5. The lowest BCUT2D eigenvalue weighted by Gasteiger charge is -2.35. The zero-order valence-corrected chi connectivity index (χ0v) is 12.9. The van der Waals surface area contributed by atoms with E-state index in [1.807, 2.05) is 0 Å². The summed E-state index contributed by atoms with van der Waals surface area (Å²) in [5, 5.41) is 3.15. The number of carbonyl (C=O) groups is 2. The summed E-state index contributed by atoms with van der Waals surface area (Å²) in [4.78, 5) is 26.5. The molecule has 23 heavy (non-hydrogen) atoms. The molecule has 4 nitrogen and oxygen atoms in total. The maximum atomic E-state index is 13.4. The Kier molecular flexibility index (Phi) is 4.30. The van der Waals surface area contributed by atoms with Gasteiger partial charge in [0.05, 0.1) is 0 Å². The van der Waals surface area contributed by atoms with Gasteiger partial charge in [0.1, 0.15) is 11.9 Å². The number of benzene rings is 2. The van der Waals surface area contributed by atoms with E-state index in [0.717, 1.165) is 0 Å². The summed E-state index contributed by atoms with van der Waals surface area (Å²) in [5.41, 5.74) is 0.757. The van der Waals surface area contributed by atoms with E-state index in [9.17, 15) is 14.0 Å². The molecule has 118 valence electrons. The predicted octanol–water partition coefficient (Wildman–Crippen LogP) is 2.79. The zero-order valence-electron chi connectivity index (χ0n) is 12.1. The Hall–Kier alpha value is -2.40. The maximum Gasteiger partial charge on any atom is 0.254 e. The van der Waals surface area contributed by atoms with Crippen LogP contribution in [0.3, 0.4) is 0 Å². The van der Waals surface area contributed by atoms with E-state index in [2.05, 4.69) is 5.32 Å². The molecule has 0 aromatic heterocycles. The Morgan fingerprint density at radius 1 is 1.22 bits per heavy atom. The van der Waals surface area contributed by atoms with Crippen molar-refractivity contribution in [2.45, 2.75) is 6.04 Å². The summed E-state index contributed by atoms with van der Waals surface area (Å²) in [6.45, 7) is 0.678. The molecule has 2 amide bonds. The maximum absolute atomic E-state index is 13.4. The molecule has 2 aromatic carbocycles. The van der Waals surface area contributed by atoms with Crippen molar-refractivity contribution in [1.29, 1.82) is 0 Å². The molecule has 0 saturated carbocycles. The Balaban J connectivity index is 2.00. The van der Waals surface area contributed by atoms with Crippen molar-refractivity contribution in [2.75, 3.05) is 13.1 Å². The number of amides is 2. The van der Waals surface area contributed by atoms with Crippen molar-refractivity contribution < 1.29 is 14.0 Å². The first-order valence-electron chi connectivity index (χ1n) is 7.16. The first-order valence-corrected chi connectivity index (χ1v) is 7.54. The Labute approximate surface area is 137 Å². The van der Waals surface area contributed by atoms with Crippen molar-refractivity contribution in [2.24, 2.45) is 0 Å². The molecule has 1 N–H and O–H groups in total. The lowest BCUT2D eigenvalue weighted by Crippen LogP contribution is -2.52. The van der Waals surface area contributed by atoms with Crippen LogP contribution in [0.1, 0.15) is 22.0 Å². The molecule has 3 rings (SSSR count). The molecular formula is C17H14ClFN2O2. The quantitative estimate of drug-likeness (QED) is 0.919. The van der Waals surface area contributed by atoms with E-state index in [-0.39, 0.29) is 11.5 Å². The van der Waals surface area contributed by atoms with Gasteiger partial charge in [0.25, 0.3) is 5.91 Å². The average molecular weight is 333 g/mol. The molecule has 1 fully saturated rings. The molecule has 2 aromatic rings. The molecule has 0 bridgehead atoms. The largest absolute Gasteiger partial charge is 0.352 e. The summed E-state index contributed by atoms with van der Waals surface area (Å²) in [6.07, 6.45) is 0. The van der Waals surface area contributed by atoms with Crippen molar-refractivity contribution in [3.05, 3.63) is 70.5 Å². The Morgan fingerprint density at radius 3 is 2.74 bits per heavy atom. The summed E-state index contributed by atoms with van der Waals surface area (Å²) in [6, 6.07) is 11.5. The number of nitrogens with one attached hydrogen (secondary N) is 1. The van der Waals surface area contributed by atoms with Gasteiger partial charge >= 0.3 is 0 Å². The van der Waals surface area contributed by atoms with Crippen molar-refractivity contribution >= 4 is 23.4 Å². The van der Waals surface area contributed by atoms with Gasteiger partial charge in [-0.1, -0.05) is 35.9 Å². The highest BCUT2D eigenvalue weighted by molar-refractivity contribution is 6.31. The molecule has 1 atom stereocenters. The number of carbonyl (C=O) groups excluding carboxylic acids is 2. The van der Waals surface area contributed by atoms with E-state index >= 15 is 0 Å². The van der Waals surface area contributed by atoms with E-state index in [0.29, 0.717) is 23.7 Å². The topological polar surface area (TPSA) is 49.4 Å². The number of hydrogen-bond acceptors (Lipinski definition) is 2. The molecule has 1 saturated heterocycles. The molecule has 1 unspecified atom stereocenters. The van der Waals surface area contributed by atoms with Crippen LogP contribution in [0.2, 0.25) is 5.02 Å². The fraction of sp³-hybridized carbons (Fsp3) is 0.176. The molecule has 0 aliphatic carbocycles. The van der Waals surface area contributed by atoms with Gasteiger partial charge in [0.2, 0.25) is 5.91 Å². The molecule has 0 radical (unpaired) electrons. The van der Waals surface area contributed by atoms with Gasteiger partial charge in [-0.3, -0.25) is 9.59 Å². The van der Waals surface area contributed by atoms with Gasteiger partial charge in [0.15, 0.2) is 0 Å². The lowest BCUT2D eigenvalue weighted by molar-refractivity contribution is -0.128. The molecule has 1 aliphatic rings. The number of rotatable bonds is 2. The zero-order chi connectivity index (χ0) is 16.4. The average Bonchev–Trinajstić information content (AvgIpc) is 2.55. The van der Waals surface area contributed by atoms with E-state index in [4.69, 9.17) is 11.6 Å². The van der Waals surface area contributed by atoms with Crippen LogP contribution in [0, 0.1) is 5.82 Å². The molecule has 1 aliphatic heterocycles. The lowest BCUT2D eigenvalue weighted by atomic mass is 10.0. The summed E-state index contributed by atoms with van der Waals surface area (Å²) >= 11 is 6.19. The fourth-order valence-corrected chi connectivity index (χ4v) is 2.92. The first kappa shape index (κ1) is 15.5. The second-order valence-corrected chi connectivity index (χ2v) is 5.63. The molecule has 0 spiro atoms. The van der Waals surface area contributed by atoms with Crippen LogP contribution in [0.15, 0.2) is 48.5 Å². The Morgan fingerprint density at radius 2 is 2.00 bits per heavy atom. The van der Waals surface area contributed by atoms with Gasteiger partial charge in [-0.15, -0.1) is 0 Å². The van der Waals surface area contributed by atoms with Crippen LogP contribution in [0.5, 0.6) is 0 Å². The van der Waals surface area contributed by atoms with Crippen LogP contribution in [-0.4, -0.2) is 29.8 Å². The van der Waals surface area contributed by atoms with Crippen LogP contribution >= 0.6 is 11.6 Å². The van der Waals surface area contributed by atoms with Gasteiger partial charge < -0.3 is 10.2 Å². The van der Waals surface area contributed by atoms with Crippen LogP contribution < -0.4 is 5.32 Å². The highest BCUT2D eigenvalue weighted by Gasteiger charge is 2.35. The minimum Gasteiger partial charge on any atom is -0.352 e. The highest BCUT2D eigenvalue weighted by Crippen LogP contribution is 2.30. The first-order chi connectivity index (χ1) is 11.1. The van der Waals surface area contributed by atoms with E-state index < -0.39 is 17.8 Å². The normalized spacial score (nSPS) is 17.7. The summed E-state index contributed by atoms with van der Waals surface area (Å²) in [5.74, 6) is -1.19.